The average molecular weight is 444 g/mol. The normalized spacial score (nSPS) is 17.2. The highest BCUT2D eigenvalue weighted by Crippen LogP contribution is 2.42. The summed E-state index contributed by atoms with van der Waals surface area (Å²) < 4.78 is 9.99. The van der Waals surface area contributed by atoms with Gasteiger partial charge in [0.1, 0.15) is 11.5 Å². The van der Waals surface area contributed by atoms with Crippen molar-refractivity contribution in [2.45, 2.75) is 6.04 Å². The van der Waals surface area contributed by atoms with Gasteiger partial charge in [0.2, 0.25) is 0 Å². The van der Waals surface area contributed by atoms with Crippen molar-refractivity contribution in [3.8, 4) is 5.75 Å². The van der Waals surface area contributed by atoms with E-state index in [1.807, 2.05) is 0 Å². The summed E-state index contributed by atoms with van der Waals surface area (Å²) in [4.78, 5) is 43.6. The van der Waals surface area contributed by atoms with Crippen molar-refractivity contribution in [2.75, 3.05) is 19.1 Å². The van der Waals surface area contributed by atoms with E-state index >= 15 is 0 Å². The number of amides is 1. The highest BCUT2D eigenvalue weighted by Gasteiger charge is 2.47. The Kier molecular flexibility index (Phi) is 5.91. The molecule has 2 aromatic carbocycles. The smallest absolute Gasteiger partial charge is 0.337 e. The largest absolute Gasteiger partial charge is 0.507 e. The molecule has 0 saturated carbocycles. The Morgan fingerprint density at radius 3 is 2.30 bits per heavy atom. The van der Waals surface area contributed by atoms with Crippen molar-refractivity contribution in [3.05, 3.63) is 95.3 Å². The van der Waals surface area contributed by atoms with E-state index in [4.69, 9.17) is 9.47 Å². The number of aliphatic hydroxyl groups is 1. The molecule has 1 aliphatic heterocycles. The number of rotatable bonds is 5. The first-order valence-corrected chi connectivity index (χ1v) is 10.00. The van der Waals surface area contributed by atoms with Crippen molar-refractivity contribution >= 4 is 29.1 Å². The molecule has 0 spiro atoms. The van der Waals surface area contributed by atoms with E-state index in [0.29, 0.717) is 22.6 Å². The zero-order valence-electron chi connectivity index (χ0n) is 17.9. The van der Waals surface area contributed by atoms with E-state index in [0.717, 1.165) is 0 Å². The molecule has 3 aromatic rings. The summed E-state index contributed by atoms with van der Waals surface area (Å²) in [5, 5.41) is 11.0. The summed E-state index contributed by atoms with van der Waals surface area (Å²) in [5.41, 5.74) is 1.40. The Morgan fingerprint density at radius 1 is 0.970 bits per heavy atom. The lowest BCUT2D eigenvalue weighted by Gasteiger charge is -2.26. The molecule has 0 bridgehead atoms. The third-order valence-corrected chi connectivity index (χ3v) is 5.38. The number of hydrogen-bond acceptors (Lipinski definition) is 7. The van der Waals surface area contributed by atoms with E-state index in [1.165, 1.54) is 37.6 Å². The third kappa shape index (κ3) is 3.94. The number of pyridine rings is 1. The van der Waals surface area contributed by atoms with Crippen molar-refractivity contribution in [3.63, 3.8) is 0 Å². The van der Waals surface area contributed by atoms with Gasteiger partial charge in [-0.1, -0.05) is 18.2 Å². The van der Waals surface area contributed by atoms with Crippen LogP contribution in [0.1, 0.15) is 27.5 Å². The minimum atomic E-state index is -0.933. The second kappa shape index (κ2) is 8.96. The lowest BCUT2D eigenvalue weighted by Crippen LogP contribution is -2.29. The van der Waals surface area contributed by atoms with Gasteiger partial charge in [-0.15, -0.1) is 0 Å². The molecule has 4 rings (SSSR count). The number of hydrogen-bond donors (Lipinski definition) is 1. The molecule has 8 nitrogen and oxygen atoms in total. The number of ether oxygens (including phenoxy) is 2. The number of methoxy groups -OCH3 is 2. The molecule has 8 heteroatoms. The van der Waals surface area contributed by atoms with Crippen LogP contribution in [0.25, 0.3) is 5.76 Å². The van der Waals surface area contributed by atoms with Gasteiger partial charge in [0.15, 0.2) is 0 Å². The van der Waals surface area contributed by atoms with Crippen LogP contribution in [0.2, 0.25) is 0 Å². The lowest BCUT2D eigenvalue weighted by atomic mass is 9.95. The fourth-order valence-electron chi connectivity index (χ4n) is 3.77. The topological polar surface area (TPSA) is 106 Å². The van der Waals surface area contributed by atoms with Gasteiger partial charge >= 0.3 is 5.97 Å². The quantitative estimate of drug-likeness (QED) is 0.278. The van der Waals surface area contributed by atoms with E-state index in [2.05, 4.69) is 4.98 Å². The standard InChI is InChI=1S/C25H20N2O6/c1-32-19-8-6-15(7-9-19)21-20(22(28)16-10-12-26-13-11-16)23(29)24(30)27(21)18-5-3-4-17(14-18)25(31)33-2/h3-14,21,28H,1-2H3/b22-20+. The molecule has 166 valence electrons. The molecule has 33 heavy (non-hydrogen) atoms. The van der Waals surface area contributed by atoms with Crippen LogP contribution < -0.4 is 9.64 Å². The number of aromatic nitrogens is 1. The summed E-state index contributed by atoms with van der Waals surface area (Å²) in [6.45, 7) is 0. The van der Waals surface area contributed by atoms with Crippen LogP contribution in [0, 0.1) is 0 Å². The molecule has 1 unspecified atom stereocenters. The number of anilines is 1. The Bertz CT molecular complexity index is 1250. The first kappa shape index (κ1) is 21.8. The minimum absolute atomic E-state index is 0.0696. The van der Waals surface area contributed by atoms with Crippen LogP contribution in [0.3, 0.4) is 0 Å². The van der Waals surface area contributed by atoms with Crippen molar-refractivity contribution in [1.29, 1.82) is 0 Å². The van der Waals surface area contributed by atoms with Gasteiger partial charge in [-0.05, 0) is 48.0 Å². The third-order valence-electron chi connectivity index (χ3n) is 5.38. The highest BCUT2D eigenvalue weighted by atomic mass is 16.5. The molecule has 2 heterocycles. The molecular weight excluding hydrogens is 424 g/mol. The van der Waals surface area contributed by atoms with E-state index < -0.39 is 23.7 Å². The summed E-state index contributed by atoms with van der Waals surface area (Å²) in [6.07, 6.45) is 2.96. The van der Waals surface area contributed by atoms with Gasteiger partial charge < -0.3 is 14.6 Å². The van der Waals surface area contributed by atoms with Gasteiger partial charge in [0.05, 0.1) is 31.4 Å². The number of benzene rings is 2. The van der Waals surface area contributed by atoms with E-state index in [1.54, 1.807) is 54.6 Å². The monoisotopic (exact) mass is 444 g/mol. The molecule has 0 radical (unpaired) electrons. The average Bonchev–Trinajstić information content (AvgIpc) is 3.14. The number of ketones is 1. The van der Waals surface area contributed by atoms with Crippen LogP contribution in [-0.4, -0.2) is 42.0 Å². The SMILES string of the molecule is COC(=O)c1cccc(N2C(=O)C(=O)/C(=C(/O)c3ccncc3)C2c2ccc(OC)cc2)c1. The summed E-state index contributed by atoms with van der Waals surface area (Å²) in [5.74, 6) is -1.96. The van der Waals surface area contributed by atoms with E-state index in [9.17, 15) is 19.5 Å². The lowest BCUT2D eigenvalue weighted by molar-refractivity contribution is -0.132. The first-order chi connectivity index (χ1) is 16.0. The van der Waals surface area contributed by atoms with Gasteiger partial charge in [0.25, 0.3) is 11.7 Å². The maximum atomic E-state index is 13.2. The Labute approximate surface area is 189 Å². The Balaban J connectivity index is 1.92. The maximum absolute atomic E-state index is 13.2. The highest BCUT2D eigenvalue weighted by molar-refractivity contribution is 6.51. The van der Waals surface area contributed by atoms with Crippen molar-refractivity contribution < 1.29 is 29.0 Å². The molecule has 1 aliphatic rings. The van der Waals surface area contributed by atoms with Crippen LogP contribution in [0.4, 0.5) is 5.69 Å². The Morgan fingerprint density at radius 2 is 1.67 bits per heavy atom. The molecular formula is C25H20N2O6. The van der Waals surface area contributed by atoms with Gasteiger partial charge in [-0.3, -0.25) is 19.5 Å². The summed E-state index contributed by atoms with van der Waals surface area (Å²) in [6, 6.07) is 15.2. The molecule has 0 aliphatic carbocycles. The minimum Gasteiger partial charge on any atom is -0.507 e. The van der Waals surface area contributed by atoms with Gasteiger partial charge in [0, 0.05) is 23.6 Å². The molecule has 1 aromatic heterocycles. The number of nitrogens with zero attached hydrogens (tertiary/aromatic N) is 2. The fraction of sp³-hybridized carbons (Fsp3) is 0.120. The molecule has 1 N–H and O–H groups in total. The molecule has 1 fully saturated rings. The van der Waals surface area contributed by atoms with Crippen LogP contribution in [0.5, 0.6) is 5.75 Å². The van der Waals surface area contributed by atoms with E-state index in [-0.39, 0.29) is 16.9 Å². The van der Waals surface area contributed by atoms with Crippen LogP contribution in [-0.2, 0) is 14.3 Å². The van der Waals surface area contributed by atoms with Gasteiger partial charge in [-0.25, -0.2) is 4.79 Å². The zero-order valence-corrected chi connectivity index (χ0v) is 17.9. The number of aliphatic hydroxyl groups excluding tert-OH is 1. The molecule has 1 saturated heterocycles. The summed E-state index contributed by atoms with van der Waals surface area (Å²) in [7, 11) is 2.79. The fourth-order valence-corrected chi connectivity index (χ4v) is 3.77. The van der Waals surface area contributed by atoms with Gasteiger partial charge in [-0.2, -0.15) is 0 Å². The van der Waals surface area contributed by atoms with Crippen LogP contribution >= 0.6 is 0 Å². The van der Waals surface area contributed by atoms with Crippen molar-refractivity contribution in [2.24, 2.45) is 0 Å². The Hall–Kier alpha value is -4.46. The molecule has 1 atom stereocenters. The van der Waals surface area contributed by atoms with Crippen molar-refractivity contribution in [1.82, 2.24) is 4.98 Å². The second-order valence-electron chi connectivity index (χ2n) is 7.22. The maximum Gasteiger partial charge on any atom is 0.337 e. The number of esters is 1. The number of Topliss-reactive ketones (excluding diaryl/α,β-unsaturated/α-hetero) is 1. The summed E-state index contributed by atoms with van der Waals surface area (Å²) >= 11 is 0. The predicted molar refractivity (Wildman–Crippen MR) is 120 cm³/mol. The predicted octanol–water partition coefficient (Wildman–Crippen LogP) is 3.50. The molecule has 1 amide bonds. The second-order valence-corrected chi connectivity index (χ2v) is 7.22. The van der Waals surface area contributed by atoms with Crippen LogP contribution in [0.15, 0.2) is 78.6 Å². The first-order valence-electron chi connectivity index (χ1n) is 10.00. The number of carbonyl (C=O) groups is 3. The zero-order chi connectivity index (χ0) is 23.5. The number of carbonyl (C=O) groups excluding carboxylic acids is 3.